The summed E-state index contributed by atoms with van der Waals surface area (Å²) in [5.74, 6) is 0.712. The maximum atomic E-state index is 11.7. The Morgan fingerprint density at radius 1 is 1.47 bits per heavy atom. The van der Waals surface area contributed by atoms with E-state index in [1.54, 1.807) is 13.1 Å². The molecule has 104 valence electrons. The highest BCUT2D eigenvalue weighted by atomic mass is 16.1. The van der Waals surface area contributed by atoms with Gasteiger partial charge in [-0.05, 0) is 43.9 Å². The molecule has 0 bridgehead atoms. The van der Waals surface area contributed by atoms with Gasteiger partial charge in [-0.25, -0.2) is 0 Å². The van der Waals surface area contributed by atoms with Gasteiger partial charge < -0.3 is 16.0 Å². The first-order chi connectivity index (χ1) is 9.15. The zero-order chi connectivity index (χ0) is 13.8. The van der Waals surface area contributed by atoms with Crippen LogP contribution in [-0.2, 0) is 0 Å². The number of anilines is 2. The number of carbonyl (C=O) groups is 1. The molecule has 1 aromatic rings. The van der Waals surface area contributed by atoms with E-state index in [4.69, 9.17) is 5.73 Å². The van der Waals surface area contributed by atoms with Crippen molar-refractivity contribution < 1.29 is 4.79 Å². The number of hydrogen-bond acceptors (Lipinski definition) is 3. The molecule has 0 heterocycles. The number of hydrogen-bond donors (Lipinski definition) is 2. The van der Waals surface area contributed by atoms with Gasteiger partial charge in [-0.3, -0.25) is 4.79 Å². The topological polar surface area (TPSA) is 58.4 Å². The van der Waals surface area contributed by atoms with Gasteiger partial charge in [0.1, 0.15) is 0 Å². The van der Waals surface area contributed by atoms with Crippen LogP contribution in [0.15, 0.2) is 18.2 Å². The van der Waals surface area contributed by atoms with Gasteiger partial charge in [0.25, 0.3) is 5.91 Å². The molecule has 0 radical (unpaired) electrons. The van der Waals surface area contributed by atoms with Crippen LogP contribution in [0.5, 0.6) is 0 Å². The number of nitrogen functional groups attached to an aromatic ring is 1. The summed E-state index contributed by atoms with van der Waals surface area (Å²) in [5, 5.41) is 2.65. The molecule has 19 heavy (non-hydrogen) atoms. The minimum Gasteiger partial charge on any atom is -0.397 e. The van der Waals surface area contributed by atoms with Crippen LogP contribution in [-0.4, -0.2) is 26.0 Å². The molecule has 3 N–H and O–H groups in total. The van der Waals surface area contributed by atoms with E-state index in [1.165, 1.54) is 19.3 Å². The number of amides is 1. The Labute approximate surface area is 115 Å². The van der Waals surface area contributed by atoms with Crippen molar-refractivity contribution >= 4 is 17.3 Å². The van der Waals surface area contributed by atoms with Crippen LogP contribution in [0, 0.1) is 5.92 Å². The molecule has 2 rings (SSSR count). The highest BCUT2D eigenvalue weighted by molar-refractivity contribution is 5.96. The fraction of sp³-hybridized carbons (Fsp3) is 0.533. The first-order valence-electron chi connectivity index (χ1n) is 7.02. The predicted molar refractivity (Wildman–Crippen MR) is 79.5 cm³/mol. The monoisotopic (exact) mass is 261 g/mol. The molecule has 1 aliphatic rings. The van der Waals surface area contributed by atoms with Gasteiger partial charge in [0.05, 0.1) is 11.4 Å². The van der Waals surface area contributed by atoms with Gasteiger partial charge in [0, 0.05) is 25.7 Å². The summed E-state index contributed by atoms with van der Waals surface area (Å²) in [6.07, 6.45) is 3.97. The smallest absolute Gasteiger partial charge is 0.251 e. The SMILES string of the molecule is CCN(CC1CCC1)c1cc(C(=O)NC)ccc1N. The van der Waals surface area contributed by atoms with E-state index in [1.807, 2.05) is 12.1 Å². The van der Waals surface area contributed by atoms with Crippen molar-refractivity contribution in [3.8, 4) is 0 Å². The van der Waals surface area contributed by atoms with E-state index < -0.39 is 0 Å². The summed E-state index contributed by atoms with van der Waals surface area (Å²) >= 11 is 0. The van der Waals surface area contributed by atoms with Gasteiger partial charge >= 0.3 is 0 Å². The van der Waals surface area contributed by atoms with Gasteiger partial charge in [0.15, 0.2) is 0 Å². The highest BCUT2D eigenvalue weighted by Crippen LogP contribution is 2.31. The molecule has 0 aromatic heterocycles. The molecule has 0 unspecified atom stereocenters. The Kier molecular flexibility index (Phi) is 4.30. The molecule has 1 saturated carbocycles. The van der Waals surface area contributed by atoms with Gasteiger partial charge in [-0.1, -0.05) is 6.42 Å². The maximum Gasteiger partial charge on any atom is 0.251 e. The van der Waals surface area contributed by atoms with E-state index in [-0.39, 0.29) is 5.91 Å². The third kappa shape index (κ3) is 3.00. The van der Waals surface area contributed by atoms with Crippen molar-refractivity contribution in [3.63, 3.8) is 0 Å². The number of benzene rings is 1. The van der Waals surface area contributed by atoms with E-state index in [0.29, 0.717) is 5.56 Å². The van der Waals surface area contributed by atoms with Crippen molar-refractivity contribution in [3.05, 3.63) is 23.8 Å². The van der Waals surface area contributed by atoms with E-state index >= 15 is 0 Å². The lowest BCUT2D eigenvalue weighted by molar-refractivity contribution is 0.0963. The zero-order valence-corrected chi connectivity index (χ0v) is 11.8. The van der Waals surface area contributed by atoms with Crippen LogP contribution in [0.25, 0.3) is 0 Å². The first kappa shape index (κ1) is 13.7. The van der Waals surface area contributed by atoms with Gasteiger partial charge in [-0.2, -0.15) is 0 Å². The summed E-state index contributed by atoms with van der Waals surface area (Å²) in [5.41, 5.74) is 8.46. The summed E-state index contributed by atoms with van der Waals surface area (Å²) < 4.78 is 0. The number of nitrogens with two attached hydrogens (primary N) is 1. The van der Waals surface area contributed by atoms with Crippen LogP contribution >= 0.6 is 0 Å². The third-order valence-electron chi connectivity index (χ3n) is 3.95. The average molecular weight is 261 g/mol. The minimum absolute atomic E-state index is 0.0686. The Balaban J connectivity index is 2.21. The molecule has 0 saturated heterocycles. The minimum atomic E-state index is -0.0686. The number of nitrogens with zero attached hydrogens (tertiary/aromatic N) is 1. The summed E-state index contributed by atoms with van der Waals surface area (Å²) in [6, 6.07) is 5.49. The standard InChI is InChI=1S/C15H23N3O/c1-3-18(10-11-5-4-6-11)14-9-12(15(19)17-2)7-8-13(14)16/h7-9,11H,3-6,10,16H2,1-2H3,(H,17,19). The normalized spacial score (nSPS) is 14.8. The second-order valence-corrected chi connectivity index (χ2v) is 5.19. The Morgan fingerprint density at radius 2 is 2.21 bits per heavy atom. The second-order valence-electron chi connectivity index (χ2n) is 5.19. The van der Waals surface area contributed by atoms with Gasteiger partial charge in [-0.15, -0.1) is 0 Å². The highest BCUT2D eigenvalue weighted by Gasteiger charge is 2.21. The lowest BCUT2D eigenvalue weighted by Gasteiger charge is -2.33. The van der Waals surface area contributed by atoms with Crippen LogP contribution in [0.3, 0.4) is 0 Å². The third-order valence-corrected chi connectivity index (χ3v) is 3.95. The van der Waals surface area contributed by atoms with Crippen molar-refractivity contribution in [1.82, 2.24) is 5.32 Å². The molecule has 1 aromatic carbocycles. The van der Waals surface area contributed by atoms with Crippen molar-refractivity contribution in [2.75, 3.05) is 30.8 Å². The number of rotatable bonds is 5. The summed E-state index contributed by atoms with van der Waals surface area (Å²) in [6.45, 7) is 4.08. The van der Waals surface area contributed by atoms with E-state index in [2.05, 4.69) is 17.1 Å². The fourth-order valence-electron chi connectivity index (χ4n) is 2.49. The van der Waals surface area contributed by atoms with Crippen molar-refractivity contribution in [1.29, 1.82) is 0 Å². The Morgan fingerprint density at radius 3 is 2.74 bits per heavy atom. The molecule has 1 aliphatic carbocycles. The lowest BCUT2D eigenvalue weighted by atomic mass is 9.85. The molecule has 0 spiro atoms. The quantitative estimate of drug-likeness (QED) is 0.799. The van der Waals surface area contributed by atoms with Crippen LogP contribution < -0.4 is 16.0 Å². The number of nitrogens with one attached hydrogen (secondary N) is 1. The molecule has 1 fully saturated rings. The molecular formula is C15H23N3O. The lowest BCUT2D eigenvalue weighted by Crippen LogP contribution is -2.33. The van der Waals surface area contributed by atoms with E-state index in [0.717, 1.165) is 30.4 Å². The van der Waals surface area contributed by atoms with Crippen molar-refractivity contribution in [2.24, 2.45) is 5.92 Å². The summed E-state index contributed by atoms with van der Waals surface area (Å²) in [7, 11) is 1.64. The van der Waals surface area contributed by atoms with Gasteiger partial charge in [0.2, 0.25) is 0 Å². The molecule has 4 heteroatoms. The van der Waals surface area contributed by atoms with Crippen LogP contribution in [0.4, 0.5) is 11.4 Å². The Hall–Kier alpha value is -1.71. The number of carbonyl (C=O) groups excluding carboxylic acids is 1. The molecular weight excluding hydrogens is 238 g/mol. The second kappa shape index (κ2) is 5.95. The maximum absolute atomic E-state index is 11.7. The molecule has 0 aliphatic heterocycles. The fourth-order valence-corrected chi connectivity index (χ4v) is 2.49. The average Bonchev–Trinajstić information content (AvgIpc) is 2.38. The van der Waals surface area contributed by atoms with E-state index in [9.17, 15) is 4.79 Å². The predicted octanol–water partition coefficient (Wildman–Crippen LogP) is 2.25. The summed E-state index contributed by atoms with van der Waals surface area (Å²) in [4.78, 5) is 14.0. The van der Waals surface area contributed by atoms with Crippen LogP contribution in [0.2, 0.25) is 0 Å². The first-order valence-corrected chi connectivity index (χ1v) is 7.02. The largest absolute Gasteiger partial charge is 0.397 e. The zero-order valence-electron chi connectivity index (χ0n) is 11.8. The molecule has 1 amide bonds. The molecule has 0 atom stereocenters. The Bertz CT molecular complexity index is 455. The molecule has 4 nitrogen and oxygen atoms in total. The van der Waals surface area contributed by atoms with Crippen molar-refractivity contribution in [2.45, 2.75) is 26.2 Å². The van der Waals surface area contributed by atoms with Crippen LogP contribution in [0.1, 0.15) is 36.5 Å².